The molecule has 0 unspecified atom stereocenters. The number of ketones is 1. The minimum absolute atomic E-state index is 0.0822. The third kappa shape index (κ3) is 3.07. The van der Waals surface area contributed by atoms with E-state index in [2.05, 4.69) is 26.5 Å². The Labute approximate surface area is 134 Å². The van der Waals surface area contributed by atoms with E-state index in [1.807, 2.05) is 6.92 Å². The maximum Gasteiger partial charge on any atom is 0.174 e. The normalized spacial score (nSPS) is 31.5. The Morgan fingerprint density at radius 2 is 1.91 bits per heavy atom. The molecule has 2 rings (SSSR count). The zero-order valence-electron chi connectivity index (χ0n) is 14.5. The number of hydrogen-bond acceptors (Lipinski definition) is 3. The molecule has 0 amide bonds. The highest BCUT2D eigenvalue weighted by molar-refractivity contribution is 5.92. The Balaban J connectivity index is 2.23. The average Bonchev–Trinajstić information content (AvgIpc) is 2.91. The Kier molecular flexibility index (Phi) is 5.29. The van der Waals surface area contributed by atoms with Crippen LogP contribution in [0.1, 0.15) is 59.8 Å². The predicted molar refractivity (Wildman–Crippen MR) is 88.6 cm³/mol. The summed E-state index contributed by atoms with van der Waals surface area (Å²) < 4.78 is 12.3. The van der Waals surface area contributed by atoms with Gasteiger partial charge in [0.2, 0.25) is 0 Å². The van der Waals surface area contributed by atoms with E-state index in [4.69, 9.17) is 9.47 Å². The average molecular weight is 306 g/mol. The molecule has 22 heavy (non-hydrogen) atoms. The fourth-order valence-corrected chi connectivity index (χ4v) is 4.22. The standard InChI is InChI=1S/C19H30O3/c1-14(2)17-9-7-11-19(21-12-13-22-19)18(17,5)10-6-8-15(3)16(4)20/h8,17H,1,6-7,9-13H2,2-5H3/b15-8+/t17-,18-/m0/s1. The highest BCUT2D eigenvalue weighted by atomic mass is 16.7. The number of carbonyl (C=O) groups excluding carboxylic acids is 1. The van der Waals surface area contributed by atoms with E-state index in [0.717, 1.165) is 37.7 Å². The lowest BCUT2D eigenvalue weighted by atomic mass is 9.59. The molecule has 0 bridgehead atoms. The molecule has 3 heteroatoms. The van der Waals surface area contributed by atoms with Crippen molar-refractivity contribution in [2.45, 2.75) is 65.6 Å². The second kappa shape index (κ2) is 6.67. The number of hydrogen-bond donors (Lipinski definition) is 0. The van der Waals surface area contributed by atoms with E-state index in [1.54, 1.807) is 6.92 Å². The van der Waals surface area contributed by atoms with Crippen LogP contribution < -0.4 is 0 Å². The second-order valence-electron chi connectivity index (χ2n) is 7.14. The number of carbonyl (C=O) groups is 1. The smallest absolute Gasteiger partial charge is 0.174 e. The SMILES string of the molecule is C=C(C)[C@@H]1CCCC2(OCCO2)[C@@]1(C)CC/C=C(\C)C(C)=O. The molecule has 1 spiro atoms. The number of rotatable bonds is 5. The lowest BCUT2D eigenvalue weighted by Crippen LogP contribution is -2.54. The Bertz CT molecular complexity index is 471. The summed E-state index contributed by atoms with van der Waals surface area (Å²) >= 11 is 0. The van der Waals surface area contributed by atoms with Gasteiger partial charge in [0.15, 0.2) is 11.6 Å². The van der Waals surface area contributed by atoms with E-state index in [9.17, 15) is 4.79 Å². The minimum atomic E-state index is -0.465. The number of allylic oxidation sites excluding steroid dienone is 3. The summed E-state index contributed by atoms with van der Waals surface area (Å²) in [5.41, 5.74) is 1.97. The molecular weight excluding hydrogens is 276 g/mol. The molecule has 3 nitrogen and oxygen atoms in total. The largest absolute Gasteiger partial charge is 0.347 e. The van der Waals surface area contributed by atoms with Crippen molar-refractivity contribution < 1.29 is 14.3 Å². The molecule has 0 aromatic rings. The van der Waals surface area contributed by atoms with Crippen molar-refractivity contribution in [3.63, 3.8) is 0 Å². The summed E-state index contributed by atoms with van der Waals surface area (Å²) in [5, 5.41) is 0. The molecule has 124 valence electrons. The van der Waals surface area contributed by atoms with Crippen molar-refractivity contribution in [2.75, 3.05) is 13.2 Å². The van der Waals surface area contributed by atoms with Crippen LogP contribution in [0.15, 0.2) is 23.8 Å². The summed E-state index contributed by atoms with van der Waals surface area (Å²) in [6.07, 6.45) is 7.11. The maximum atomic E-state index is 11.4. The van der Waals surface area contributed by atoms with Gasteiger partial charge in [-0.3, -0.25) is 4.79 Å². The molecule has 1 aliphatic carbocycles. The first-order valence-electron chi connectivity index (χ1n) is 8.43. The Morgan fingerprint density at radius 3 is 2.45 bits per heavy atom. The van der Waals surface area contributed by atoms with Gasteiger partial charge in [-0.25, -0.2) is 0 Å². The van der Waals surface area contributed by atoms with Crippen molar-refractivity contribution >= 4 is 5.78 Å². The molecule has 0 aromatic heterocycles. The molecule has 2 atom stereocenters. The fourth-order valence-electron chi connectivity index (χ4n) is 4.22. The zero-order chi connectivity index (χ0) is 16.4. The van der Waals surface area contributed by atoms with Crippen molar-refractivity contribution in [1.82, 2.24) is 0 Å². The van der Waals surface area contributed by atoms with Gasteiger partial charge in [-0.1, -0.05) is 25.2 Å². The molecule has 1 heterocycles. The highest BCUT2D eigenvalue weighted by Gasteiger charge is 2.58. The van der Waals surface area contributed by atoms with Gasteiger partial charge < -0.3 is 9.47 Å². The van der Waals surface area contributed by atoms with Crippen LogP contribution in [0.25, 0.3) is 0 Å². The van der Waals surface area contributed by atoms with E-state index in [0.29, 0.717) is 19.1 Å². The second-order valence-corrected chi connectivity index (χ2v) is 7.14. The van der Waals surface area contributed by atoms with E-state index < -0.39 is 5.79 Å². The van der Waals surface area contributed by atoms with Crippen LogP contribution in [0.5, 0.6) is 0 Å². The molecule has 2 aliphatic rings. The molecule has 1 aliphatic heterocycles. The van der Waals surface area contributed by atoms with Gasteiger partial charge in [0, 0.05) is 11.8 Å². The van der Waals surface area contributed by atoms with Gasteiger partial charge >= 0.3 is 0 Å². The van der Waals surface area contributed by atoms with Gasteiger partial charge in [-0.2, -0.15) is 0 Å². The molecular formula is C19H30O3. The Morgan fingerprint density at radius 1 is 1.27 bits per heavy atom. The zero-order valence-corrected chi connectivity index (χ0v) is 14.5. The van der Waals surface area contributed by atoms with Gasteiger partial charge in [0.25, 0.3) is 0 Å². The van der Waals surface area contributed by atoms with Crippen molar-refractivity contribution in [3.05, 3.63) is 23.8 Å². The third-order valence-electron chi connectivity index (χ3n) is 5.66. The van der Waals surface area contributed by atoms with Crippen LogP contribution in [0.4, 0.5) is 0 Å². The summed E-state index contributed by atoms with van der Waals surface area (Å²) in [6, 6.07) is 0. The molecule has 0 aromatic carbocycles. The molecule has 0 radical (unpaired) electrons. The topological polar surface area (TPSA) is 35.5 Å². The number of Topliss-reactive ketones (excluding diaryl/α,β-unsaturated/α-hetero) is 1. The third-order valence-corrected chi connectivity index (χ3v) is 5.66. The van der Waals surface area contributed by atoms with Gasteiger partial charge in [-0.05, 0) is 57.9 Å². The first-order valence-corrected chi connectivity index (χ1v) is 8.43. The van der Waals surface area contributed by atoms with Crippen molar-refractivity contribution in [1.29, 1.82) is 0 Å². The monoisotopic (exact) mass is 306 g/mol. The van der Waals surface area contributed by atoms with Crippen LogP contribution in [0.3, 0.4) is 0 Å². The van der Waals surface area contributed by atoms with Gasteiger partial charge in [0.05, 0.1) is 13.2 Å². The molecule has 0 N–H and O–H groups in total. The molecule has 2 fully saturated rings. The van der Waals surface area contributed by atoms with Crippen LogP contribution >= 0.6 is 0 Å². The summed E-state index contributed by atoms with van der Waals surface area (Å²) in [7, 11) is 0. The highest BCUT2D eigenvalue weighted by Crippen LogP contribution is 2.56. The molecule has 1 saturated heterocycles. The predicted octanol–water partition coefficient (Wildman–Crippen LogP) is 4.43. The van der Waals surface area contributed by atoms with Crippen LogP contribution in [-0.4, -0.2) is 24.8 Å². The lowest BCUT2D eigenvalue weighted by molar-refractivity contribution is -0.265. The van der Waals surface area contributed by atoms with Gasteiger partial charge in [-0.15, -0.1) is 0 Å². The van der Waals surface area contributed by atoms with Gasteiger partial charge in [0.1, 0.15) is 0 Å². The quantitative estimate of drug-likeness (QED) is 0.557. The number of ether oxygens (including phenoxy) is 2. The van der Waals surface area contributed by atoms with Crippen LogP contribution in [0, 0.1) is 11.3 Å². The summed E-state index contributed by atoms with van der Waals surface area (Å²) in [4.78, 5) is 11.4. The van der Waals surface area contributed by atoms with Crippen LogP contribution in [-0.2, 0) is 14.3 Å². The minimum Gasteiger partial charge on any atom is -0.347 e. The molecule has 1 saturated carbocycles. The maximum absolute atomic E-state index is 11.4. The van der Waals surface area contributed by atoms with E-state index in [-0.39, 0.29) is 11.2 Å². The van der Waals surface area contributed by atoms with Crippen LogP contribution in [0.2, 0.25) is 0 Å². The first kappa shape index (κ1) is 17.4. The van der Waals surface area contributed by atoms with Crippen molar-refractivity contribution in [3.8, 4) is 0 Å². The van der Waals surface area contributed by atoms with E-state index >= 15 is 0 Å². The van der Waals surface area contributed by atoms with E-state index in [1.165, 1.54) is 5.57 Å². The Hall–Kier alpha value is -0.930. The first-order chi connectivity index (χ1) is 10.3. The summed E-state index contributed by atoms with van der Waals surface area (Å²) in [6.45, 7) is 13.5. The summed E-state index contributed by atoms with van der Waals surface area (Å²) in [5.74, 6) is 0.0889. The van der Waals surface area contributed by atoms with Crippen molar-refractivity contribution in [2.24, 2.45) is 11.3 Å². The fraction of sp³-hybridized carbons (Fsp3) is 0.737. The lowest BCUT2D eigenvalue weighted by Gasteiger charge is -2.53.